The average molecular weight is 416 g/mol. The molecule has 2 atom stereocenters. The van der Waals surface area contributed by atoms with Crippen LogP contribution in [0, 0.1) is 6.92 Å². The number of guanidine groups is 1. The molecule has 30 heavy (non-hydrogen) atoms. The number of aryl methyl sites for hydroxylation is 1. The molecule has 1 aromatic rings. The largest absolute Gasteiger partial charge is 0.444 e. The molecule has 1 aromatic heterocycles. The first-order chi connectivity index (χ1) is 14.2. The number of nitrogens with one attached hydrogen (secondary N) is 2. The summed E-state index contributed by atoms with van der Waals surface area (Å²) in [5.74, 6) is 0.854. The Bertz CT molecular complexity index is 727. The van der Waals surface area contributed by atoms with Crippen molar-refractivity contribution in [3.05, 3.63) is 29.6 Å². The van der Waals surface area contributed by atoms with Crippen molar-refractivity contribution in [1.82, 2.24) is 20.5 Å². The third-order valence-corrected chi connectivity index (χ3v) is 5.67. The first-order valence-corrected chi connectivity index (χ1v) is 11.2. The van der Waals surface area contributed by atoms with Crippen molar-refractivity contribution in [1.29, 1.82) is 0 Å². The molecule has 2 unspecified atom stereocenters. The predicted molar refractivity (Wildman–Crippen MR) is 120 cm³/mol. The molecular weight excluding hydrogens is 378 g/mol. The van der Waals surface area contributed by atoms with Crippen LogP contribution in [-0.4, -0.2) is 58.8 Å². The Balaban J connectivity index is 1.55. The molecule has 2 fully saturated rings. The lowest BCUT2D eigenvalue weighted by molar-refractivity contribution is 0.00545. The zero-order valence-corrected chi connectivity index (χ0v) is 19.1. The highest BCUT2D eigenvalue weighted by Crippen LogP contribution is 2.36. The van der Waals surface area contributed by atoms with Gasteiger partial charge in [0, 0.05) is 43.1 Å². The first-order valence-electron chi connectivity index (χ1n) is 11.2. The fourth-order valence-electron chi connectivity index (χ4n) is 4.36. The lowest BCUT2D eigenvalue weighted by Gasteiger charge is -2.40. The third kappa shape index (κ3) is 6.09. The molecule has 0 spiro atoms. The minimum absolute atomic E-state index is 0.166. The quantitative estimate of drug-likeness (QED) is 0.569. The highest BCUT2D eigenvalue weighted by Gasteiger charge is 2.45. The van der Waals surface area contributed by atoms with Crippen molar-refractivity contribution >= 4 is 12.1 Å². The summed E-state index contributed by atoms with van der Waals surface area (Å²) in [5, 5.41) is 6.96. The fraction of sp³-hybridized carbons (Fsp3) is 0.696. The first kappa shape index (κ1) is 22.4. The van der Waals surface area contributed by atoms with E-state index in [0.717, 1.165) is 50.3 Å². The maximum atomic E-state index is 12.6. The molecule has 2 N–H and O–H groups in total. The molecule has 3 rings (SSSR count). The summed E-state index contributed by atoms with van der Waals surface area (Å²) in [6.07, 6.45) is 6.60. The van der Waals surface area contributed by atoms with E-state index in [1.165, 1.54) is 5.56 Å². The topological polar surface area (TPSA) is 78.9 Å². The summed E-state index contributed by atoms with van der Waals surface area (Å²) in [5.41, 5.74) is 1.78. The van der Waals surface area contributed by atoms with E-state index in [1.54, 1.807) is 0 Å². The monoisotopic (exact) mass is 415 g/mol. The molecule has 0 aliphatic carbocycles. The number of ether oxygens (including phenoxy) is 1. The van der Waals surface area contributed by atoms with E-state index >= 15 is 0 Å². The van der Waals surface area contributed by atoms with Gasteiger partial charge in [0.15, 0.2) is 5.96 Å². The Kier molecular flexibility index (Phi) is 7.21. The van der Waals surface area contributed by atoms with E-state index < -0.39 is 5.60 Å². The van der Waals surface area contributed by atoms with Gasteiger partial charge in [0.1, 0.15) is 5.60 Å². The van der Waals surface area contributed by atoms with Gasteiger partial charge in [-0.2, -0.15) is 0 Å². The van der Waals surface area contributed by atoms with Crippen molar-refractivity contribution in [2.24, 2.45) is 4.99 Å². The van der Waals surface area contributed by atoms with Gasteiger partial charge in [0.25, 0.3) is 0 Å². The molecule has 2 saturated heterocycles. The van der Waals surface area contributed by atoms with Crippen LogP contribution in [0.3, 0.4) is 0 Å². The maximum Gasteiger partial charge on any atom is 0.410 e. The van der Waals surface area contributed by atoms with Crippen LogP contribution < -0.4 is 10.6 Å². The summed E-state index contributed by atoms with van der Waals surface area (Å²) in [6.45, 7) is 11.4. The SMILES string of the molecule is CCNC(=NCCc1ccc(C)nc1)NC1CC2CCC(C1)N2C(=O)OC(C)(C)C. The van der Waals surface area contributed by atoms with Gasteiger partial charge in [0.05, 0.1) is 0 Å². The zero-order valence-electron chi connectivity index (χ0n) is 19.1. The molecule has 166 valence electrons. The summed E-state index contributed by atoms with van der Waals surface area (Å²) in [7, 11) is 0. The van der Waals surface area contributed by atoms with E-state index in [-0.39, 0.29) is 18.2 Å². The highest BCUT2D eigenvalue weighted by molar-refractivity contribution is 5.80. The Morgan fingerprint density at radius 3 is 2.53 bits per heavy atom. The molecule has 1 amide bonds. The molecule has 2 aliphatic rings. The van der Waals surface area contributed by atoms with Gasteiger partial charge in [-0.1, -0.05) is 6.07 Å². The van der Waals surface area contributed by atoms with Gasteiger partial charge in [-0.25, -0.2) is 4.79 Å². The molecule has 7 heteroatoms. The molecular formula is C23H37N5O2. The number of rotatable bonds is 5. The van der Waals surface area contributed by atoms with Gasteiger partial charge in [-0.15, -0.1) is 0 Å². The molecule has 0 saturated carbocycles. The molecule has 0 aromatic carbocycles. The van der Waals surface area contributed by atoms with E-state index in [1.807, 2.05) is 44.9 Å². The number of piperidine rings is 1. The van der Waals surface area contributed by atoms with Crippen LogP contribution in [0.15, 0.2) is 23.3 Å². The van der Waals surface area contributed by atoms with Crippen molar-refractivity contribution in [2.45, 2.75) is 90.4 Å². The van der Waals surface area contributed by atoms with Crippen LogP contribution in [0.4, 0.5) is 4.79 Å². The fourth-order valence-corrected chi connectivity index (χ4v) is 4.36. The number of carbonyl (C=O) groups excluding carboxylic acids is 1. The number of fused-ring (bicyclic) bond motifs is 2. The van der Waals surface area contributed by atoms with Crippen molar-refractivity contribution in [2.75, 3.05) is 13.1 Å². The normalized spacial score (nSPS) is 24.0. The van der Waals surface area contributed by atoms with E-state index in [2.05, 4.69) is 28.6 Å². The minimum Gasteiger partial charge on any atom is -0.444 e. The summed E-state index contributed by atoms with van der Waals surface area (Å²) >= 11 is 0. The summed E-state index contributed by atoms with van der Waals surface area (Å²) in [6, 6.07) is 4.97. The number of amides is 1. The molecule has 0 radical (unpaired) electrons. The van der Waals surface area contributed by atoms with Crippen molar-refractivity contribution < 1.29 is 9.53 Å². The maximum absolute atomic E-state index is 12.6. The molecule has 2 aliphatic heterocycles. The number of pyridine rings is 1. The lowest BCUT2D eigenvalue weighted by Crippen LogP contribution is -2.55. The van der Waals surface area contributed by atoms with Crippen LogP contribution in [0.5, 0.6) is 0 Å². The number of carbonyl (C=O) groups is 1. The number of aromatic nitrogens is 1. The molecule has 3 heterocycles. The van der Waals surface area contributed by atoms with Crippen LogP contribution in [0.2, 0.25) is 0 Å². The Labute approximate surface area is 180 Å². The van der Waals surface area contributed by atoms with E-state index in [4.69, 9.17) is 9.73 Å². The van der Waals surface area contributed by atoms with Gasteiger partial charge >= 0.3 is 6.09 Å². The predicted octanol–water partition coefficient (Wildman–Crippen LogP) is 3.42. The van der Waals surface area contributed by atoms with Gasteiger partial charge < -0.3 is 20.3 Å². The number of hydrogen-bond donors (Lipinski definition) is 2. The average Bonchev–Trinajstić information content (AvgIpc) is 2.93. The Morgan fingerprint density at radius 2 is 1.97 bits per heavy atom. The highest BCUT2D eigenvalue weighted by atomic mass is 16.6. The second-order valence-electron chi connectivity index (χ2n) is 9.40. The second-order valence-corrected chi connectivity index (χ2v) is 9.40. The standard InChI is InChI=1S/C23H37N5O2/c1-6-24-21(25-12-11-17-8-7-16(2)26-15-17)27-18-13-19-9-10-20(14-18)28(19)22(29)30-23(3,4)5/h7-8,15,18-20H,6,9-14H2,1-5H3,(H2,24,25,27). The van der Waals surface area contributed by atoms with Gasteiger partial charge in [-0.05, 0) is 78.4 Å². The van der Waals surface area contributed by atoms with Crippen LogP contribution in [-0.2, 0) is 11.2 Å². The van der Waals surface area contributed by atoms with Gasteiger partial charge in [0.2, 0.25) is 0 Å². The Morgan fingerprint density at radius 1 is 1.27 bits per heavy atom. The smallest absolute Gasteiger partial charge is 0.410 e. The van der Waals surface area contributed by atoms with E-state index in [0.29, 0.717) is 12.6 Å². The number of hydrogen-bond acceptors (Lipinski definition) is 4. The minimum atomic E-state index is -0.455. The summed E-state index contributed by atoms with van der Waals surface area (Å²) in [4.78, 5) is 23.7. The van der Waals surface area contributed by atoms with Crippen molar-refractivity contribution in [3.8, 4) is 0 Å². The molecule has 7 nitrogen and oxygen atoms in total. The van der Waals surface area contributed by atoms with Gasteiger partial charge in [-0.3, -0.25) is 9.98 Å². The van der Waals surface area contributed by atoms with Crippen LogP contribution >= 0.6 is 0 Å². The number of aliphatic imine (C=N–C) groups is 1. The third-order valence-electron chi connectivity index (χ3n) is 5.67. The number of nitrogens with zero attached hydrogens (tertiary/aromatic N) is 3. The molecule has 2 bridgehead atoms. The summed E-state index contributed by atoms with van der Waals surface area (Å²) < 4.78 is 5.64. The van der Waals surface area contributed by atoms with Crippen LogP contribution in [0.1, 0.15) is 64.6 Å². The second kappa shape index (κ2) is 9.67. The Hall–Kier alpha value is -2.31. The lowest BCUT2D eigenvalue weighted by atomic mass is 9.98. The van der Waals surface area contributed by atoms with Crippen molar-refractivity contribution in [3.63, 3.8) is 0 Å². The van der Waals surface area contributed by atoms with E-state index in [9.17, 15) is 4.79 Å². The van der Waals surface area contributed by atoms with Crippen LogP contribution in [0.25, 0.3) is 0 Å². The zero-order chi connectivity index (χ0) is 21.7.